The zero-order valence-electron chi connectivity index (χ0n) is 16.7. The second-order valence-electron chi connectivity index (χ2n) is 7.98. The Bertz CT molecular complexity index is 953. The molecule has 0 bridgehead atoms. The first-order valence-corrected chi connectivity index (χ1v) is 10.1. The van der Waals surface area contributed by atoms with E-state index in [0.29, 0.717) is 12.8 Å². The Labute approximate surface area is 174 Å². The van der Waals surface area contributed by atoms with Gasteiger partial charge in [0.25, 0.3) is 0 Å². The Morgan fingerprint density at radius 3 is 2.17 bits per heavy atom. The van der Waals surface area contributed by atoms with Crippen molar-refractivity contribution in [2.24, 2.45) is 5.92 Å². The molecule has 156 valence electrons. The van der Waals surface area contributed by atoms with Crippen LogP contribution in [0.25, 0.3) is 11.1 Å². The summed E-state index contributed by atoms with van der Waals surface area (Å²) in [6, 6.07) is 16.1. The van der Waals surface area contributed by atoms with Gasteiger partial charge >= 0.3 is 12.1 Å². The fourth-order valence-electron chi connectivity index (χ4n) is 3.87. The Morgan fingerprint density at radius 2 is 1.63 bits per heavy atom. The van der Waals surface area contributed by atoms with Crippen molar-refractivity contribution >= 4 is 18.0 Å². The lowest BCUT2D eigenvalue weighted by molar-refractivity contribution is -0.141. The molecule has 1 saturated carbocycles. The highest BCUT2D eigenvalue weighted by Gasteiger charge is 2.51. The van der Waals surface area contributed by atoms with Crippen LogP contribution in [0, 0.1) is 5.92 Å². The largest absolute Gasteiger partial charge is 0.481 e. The molecular formula is C23H24N2O5. The number of amides is 2. The second-order valence-corrected chi connectivity index (χ2v) is 7.98. The van der Waals surface area contributed by atoms with Gasteiger partial charge in [-0.1, -0.05) is 55.5 Å². The van der Waals surface area contributed by atoms with Crippen molar-refractivity contribution in [3.05, 3.63) is 59.7 Å². The Hall–Kier alpha value is -3.35. The molecule has 0 radical (unpaired) electrons. The predicted octanol–water partition coefficient (Wildman–Crippen LogP) is 2.89. The molecule has 7 heteroatoms. The average molecular weight is 408 g/mol. The smallest absolute Gasteiger partial charge is 0.408 e. The molecule has 7 nitrogen and oxygen atoms in total. The molecule has 3 N–H and O–H groups in total. The van der Waals surface area contributed by atoms with Gasteiger partial charge in [-0.2, -0.15) is 0 Å². The van der Waals surface area contributed by atoms with Gasteiger partial charge in [0.05, 0.1) is 5.92 Å². The minimum absolute atomic E-state index is 0.0162. The number of carbonyl (C=O) groups is 3. The number of fused-ring (bicyclic) bond motifs is 3. The molecule has 1 unspecified atom stereocenters. The van der Waals surface area contributed by atoms with Gasteiger partial charge in [-0.15, -0.1) is 0 Å². The number of carbonyl (C=O) groups excluding carboxylic acids is 2. The van der Waals surface area contributed by atoms with Crippen molar-refractivity contribution in [2.75, 3.05) is 13.2 Å². The summed E-state index contributed by atoms with van der Waals surface area (Å²) >= 11 is 0. The summed E-state index contributed by atoms with van der Waals surface area (Å²) in [6.45, 7) is 1.71. The van der Waals surface area contributed by atoms with Crippen LogP contribution in [0.5, 0.6) is 0 Å². The summed E-state index contributed by atoms with van der Waals surface area (Å²) in [4.78, 5) is 35.7. The van der Waals surface area contributed by atoms with Gasteiger partial charge in [-0.25, -0.2) is 4.79 Å². The minimum atomic E-state index is -0.999. The zero-order chi connectivity index (χ0) is 21.3. The summed E-state index contributed by atoms with van der Waals surface area (Å²) in [5.41, 5.74) is 3.53. The molecule has 0 heterocycles. The van der Waals surface area contributed by atoms with Crippen LogP contribution < -0.4 is 10.6 Å². The summed E-state index contributed by atoms with van der Waals surface area (Å²) < 4.78 is 5.51. The van der Waals surface area contributed by atoms with Gasteiger partial charge in [-0.3, -0.25) is 9.59 Å². The monoisotopic (exact) mass is 408 g/mol. The summed E-state index contributed by atoms with van der Waals surface area (Å²) in [7, 11) is 0. The third-order valence-corrected chi connectivity index (χ3v) is 5.86. The van der Waals surface area contributed by atoms with Crippen LogP contribution in [0.3, 0.4) is 0 Å². The van der Waals surface area contributed by atoms with Crippen molar-refractivity contribution in [2.45, 2.75) is 31.2 Å². The van der Waals surface area contributed by atoms with Crippen LogP contribution in [0.15, 0.2) is 48.5 Å². The molecule has 2 aliphatic rings. The number of alkyl carbamates (subject to hydrolysis) is 1. The van der Waals surface area contributed by atoms with Crippen molar-refractivity contribution < 1.29 is 24.2 Å². The van der Waals surface area contributed by atoms with Gasteiger partial charge < -0.3 is 20.5 Å². The lowest BCUT2D eigenvalue weighted by atomic mass is 9.98. The molecule has 1 atom stereocenters. The minimum Gasteiger partial charge on any atom is -0.481 e. The van der Waals surface area contributed by atoms with E-state index >= 15 is 0 Å². The van der Waals surface area contributed by atoms with Crippen LogP contribution in [-0.4, -0.2) is 41.8 Å². The second kappa shape index (κ2) is 7.82. The maximum absolute atomic E-state index is 12.4. The SMILES string of the molecule is CC(CNC(=O)C1(NC(=O)OCC2c3ccccc3-c3ccccc32)CC1)C(=O)O. The fourth-order valence-corrected chi connectivity index (χ4v) is 3.87. The number of carboxylic acids is 1. The number of hydrogen-bond acceptors (Lipinski definition) is 4. The molecule has 30 heavy (non-hydrogen) atoms. The predicted molar refractivity (Wildman–Crippen MR) is 110 cm³/mol. The third-order valence-electron chi connectivity index (χ3n) is 5.86. The summed E-state index contributed by atoms with van der Waals surface area (Å²) in [5.74, 6) is -2.10. The lowest BCUT2D eigenvalue weighted by Gasteiger charge is -2.19. The van der Waals surface area contributed by atoms with E-state index < -0.39 is 23.5 Å². The maximum Gasteiger partial charge on any atom is 0.408 e. The van der Waals surface area contributed by atoms with Crippen LogP contribution in [0.2, 0.25) is 0 Å². The highest BCUT2D eigenvalue weighted by molar-refractivity contribution is 5.93. The molecular weight excluding hydrogens is 384 g/mol. The fraction of sp³-hybridized carbons (Fsp3) is 0.348. The highest BCUT2D eigenvalue weighted by Crippen LogP contribution is 2.44. The number of ether oxygens (including phenoxy) is 1. The third kappa shape index (κ3) is 3.75. The molecule has 2 aliphatic carbocycles. The standard InChI is InChI=1S/C23H24N2O5/c1-14(20(26)27)12-24-21(28)23(10-11-23)25-22(29)30-13-19-17-8-4-2-6-15(17)16-7-3-5-9-18(16)19/h2-9,14,19H,10-13H2,1H3,(H,24,28)(H,25,29)(H,26,27). The van der Waals surface area contributed by atoms with Crippen LogP contribution in [0.4, 0.5) is 4.79 Å². The van der Waals surface area contributed by atoms with Gasteiger partial charge in [0, 0.05) is 12.5 Å². The van der Waals surface area contributed by atoms with Crippen molar-refractivity contribution in [1.82, 2.24) is 10.6 Å². The van der Waals surface area contributed by atoms with E-state index in [2.05, 4.69) is 22.8 Å². The molecule has 0 aromatic heterocycles. The quantitative estimate of drug-likeness (QED) is 0.653. The highest BCUT2D eigenvalue weighted by atomic mass is 16.5. The van der Waals surface area contributed by atoms with E-state index in [1.165, 1.54) is 6.92 Å². The Morgan fingerprint density at radius 1 is 1.07 bits per heavy atom. The first-order chi connectivity index (χ1) is 14.4. The van der Waals surface area contributed by atoms with Gasteiger partial charge in [0.15, 0.2) is 0 Å². The molecule has 0 aliphatic heterocycles. The number of carboxylic acid groups (broad SMARTS) is 1. The summed E-state index contributed by atoms with van der Waals surface area (Å²) in [5, 5.41) is 14.2. The molecule has 1 fully saturated rings. The Balaban J connectivity index is 1.37. The van der Waals surface area contributed by atoms with Gasteiger partial charge in [0.1, 0.15) is 12.1 Å². The van der Waals surface area contributed by atoms with E-state index in [0.717, 1.165) is 22.3 Å². The zero-order valence-corrected chi connectivity index (χ0v) is 16.7. The number of nitrogens with one attached hydrogen (secondary N) is 2. The van der Waals surface area contributed by atoms with E-state index in [1.54, 1.807) is 0 Å². The molecule has 0 saturated heterocycles. The molecule has 4 rings (SSSR count). The number of hydrogen-bond donors (Lipinski definition) is 3. The lowest BCUT2D eigenvalue weighted by Crippen LogP contribution is -2.50. The van der Waals surface area contributed by atoms with Crippen LogP contribution in [0.1, 0.15) is 36.8 Å². The van der Waals surface area contributed by atoms with Gasteiger partial charge in [-0.05, 0) is 35.1 Å². The molecule has 2 aromatic rings. The van der Waals surface area contributed by atoms with Crippen LogP contribution >= 0.6 is 0 Å². The van der Waals surface area contributed by atoms with Crippen molar-refractivity contribution in [3.8, 4) is 11.1 Å². The topological polar surface area (TPSA) is 105 Å². The van der Waals surface area contributed by atoms with Crippen LogP contribution in [-0.2, 0) is 14.3 Å². The normalized spacial score (nSPS) is 16.7. The summed E-state index contributed by atoms with van der Waals surface area (Å²) in [6.07, 6.45) is 0.366. The molecule has 0 spiro atoms. The van der Waals surface area contributed by atoms with E-state index in [4.69, 9.17) is 9.84 Å². The van der Waals surface area contributed by atoms with Crippen molar-refractivity contribution in [1.29, 1.82) is 0 Å². The van der Waals surface area contributed by atoms with E-state index in [9.17, 15) is 14.4 Å². The number of benzene rings is 2. The average Bonchev–Trinajstić information content (AvgIpc) is 3.45. The Kier molecular flexibility index (Phi) is 5.20. The number of aliphatic carboxylic acids is 1. The van der Waals surface area contributed by atoms with Gasteiger partial charge in [0.2, 0.25) is 5.91 Å². The van der Waals surface area contributed by atoms with E-state index in [1.807, 2.05) is 36.4 Å². The molecule has 2 amide bonds. The number of rotatable bonds is 7. The first-order valence-electron chi connectivity index (χ1n) is 10.1. The maximum atomic E-state index is 12.4. The first kappa shape index (κ1) is 19.9. The molecule has 2 aromatic carbocycles. The van der Waals surface area contributed by atoms with E-state index in [-0.39, 0.29) is 25.0 Å². The van der Waals surface area contributed by atoms with Crippen molar-refractivity contribution in [3.63, 3.8) is 0 Å².